The first-order valence-electron chi connectivity index (χ1n) is 5.39. The summed E-state index contributed by atoms with van der Waals surface area (Å²) in [6, 6.07) is 7.66. The summed E-state index contributed by atoms with van der Waals surface area (Å²) in [5.41, 5.74) is 6.44. The number of rotatable bonds is 2. The van der Waals surface area contributed by atoms with Gasteiger partial charge in [0.2, 0.25) is 0 Å². The standard InChI is InChI=1S/C12H12N2O2S/c13-5-8-7-17-12(14-8)11-6-15-9-3-1-2-4-10(9)16-11/h1-4,7,11H,5-6,13H2. The van der Waals surface area contributed by atoms with Gasteiger partial charge in [0.05, 0.1) is 5.69 Å². The zero-order valence-corrected chi connectivity index (χ0v) is 9.94. The van der Waals surface area contributed by atoms with Gasteiger partial charge in [0.15, 0.2) is 17.6 Å². The minimum absolute atomic E-state index is 0.129. The maximum absolute atomic E-state index is 5.86. The van der Waals surface area contributed by atoms with Crippen LogP contribution in [-0.4, -0.2) is 11.6 Å². The molecule has 1 aromatic heterocycles. The molecule has 1 aliphatic heterocycles. The Hall–Kier alpha value is -1.59. The second kappa shape index (κ2) is 4.35. The number of fused-ring (bicyclic) bond motifs is 1. The summed E-state index contributed by atoms with van der Waals surface area (Å²) >= 11 is 1.56. The van der Waals surface area contributed by atoms with E-state index >= 15 is 0 Å². The Morgan fingerprint density at radius 1 is 1.35 bits per heavy atom. The van der Waals surface area contributed by atoms with Crippen LogP contribution in [0.3, 0.4) is 0 Å². The number of para-hydroxylation sites is 2. The van der Waals surface area contributed by atoms with Crippen LogP contribution in [0.25, 0.3) is 0 Å². The van der Waals surface area contributed by atoms with Crippen molar-refractivity contribution in [1.29, 1.82) is 0 Å². The number of thiazole rings is 1. The number of hydrogen-bond donors (Lipinski definition) is 1. The molecule has 17 heavy (non-hydrogen) atoms. The third-order valence-electron chi connectivity index (χ3n) is 2.56. The van der Waals surface area contributed by atoms with Gasteiger partial charge in [-0.25, -0.2) is 4.98 Å². The van der Waals surface area contributed by atoms with E-state index in [2.05, 4.69) is 4.98 Å². The van der Waals surface area contributed by atoms with Crippen LogP contribution in [0, 0.1) is 0 Å². The van der Waals surface area contributed by atoms with E-state index in [-0.39, 0.29) is 6.10 Å². The smallest absolute Gasteiger partial charge is 0.184 e. The summed E-state index contributed by atoms with van der Waals surface area (Å²) in [5, 5.41) is 2.87. The van der Waals surface area contributed by atoms with Crippen LogP contribution < -0.4 is 15.2 Å². The summed E-state index contributed by atoms with van der Waals surface area (Å²) in [5.74, 6) is 1.56. The van der Waals surface area contributed by atoms with Gasteiger partial charge in [0.1, 0.15) is 11.6 Å². The fourth-order valence-electron chi connectivity index (χ4n) is 1.71. The highest BCUT2D eigenvalue weighted by Crippen LogP contribution is 2.36. The third kappa shape index (κ3) is 1.99. The van der Waals surface area contributed by atoms with Crippen molar-refractivity contribution in [2.45, 2.75) is 12.6 Å². The molecule has 0 aliphatic carbocycles. The third-order valence-corrected chi connectivity index (χ3v) is 3.55. The normalized spacial score (nSPS) is 18.1. The SMILES string of the molecule is NCc1csc(C2COc3ccccc3O2)n1. The van der Waals surface area contributed by atoms with Crippen LogP contribution in [0.2, 0.25) is 0 Å². The fourth-order valence-corrected chi connectivity index (χ4v) is 2.55. The molecule has 0 radical (unpaired) electrons. The Morgan fingerprint density at radius 2 is 2.18 bits per heavy atom. The molecular weight excluding hydrogens is 236 g/mol. The zero-order valence-electron chi connectivity index (χ0n) is 9.13. The van der Waals surface area contributed by atoms with Gasteiger partial charge in [-0.15, -0.1) is 11.3 Å². The van der Waals surface area contributed by atoms with E-state index in [0.29, 0.717) is 13.2 Å². The molecule has 0 spiro atoms. The molecule has 0 amide bonds. The lowest BCUT2D eigenvalue weighted by Gasteiger charge is -2.24. The number of nitrogens with zero attached hydrogens (tertiary/aromatic N) is 1. The minimum Gasteiger partial charge on any atom is -0.485 e. The van der Waals surface area contributed by atoms with Crippen molar-refractivity contribution in [2.75, 3.05) is 6.61 Å². The highest BCUT2D eigenvalue weighted by atomic mass is 32.1. The number of benzene rings is 1. The van der Waals surface area contributed by atoms with Gasteiger partial charge >= 0.3 is 0 Å². The van der Waals surface area contributed by atoms with Gasteiger partial charge in [0, 0.05) is 11.9 Å². The Morgan fingerprint density at radius 3 is 2.94 bits per heavy atom. The molecule has 2 heterocycles. The summed E-state index contributed by atoms with van der Waals surface area (Å²) in [6.07, 6.45) is -0.129. The Labute approximate surface area is 103 Å². The van der Waals surface area contributed by atoms with E-state index in [0.717, 1.165) is 22.2 Å². The highest BCUT2D eigenvalue weighted by molar-refractivity contribution is 7.09. The topological polar surface area (TPSA) is 57.4 Å². The Bertz CT molecular complexity index is 527. The molecule has 1 aromatic carbocycles. The second-order valence-corrected chi connectivity index (χ2v) is 4.64. The van der Waals surface area contributed by atoms with Crippen LogP contribution in [0.5, 0.6) is 11.5 Å². The zero-order chi connectivity index (χ0) is 11.7. The molecule has 5 heteroatoms. The van der Waals surface area contributed by atoms with E-state index in [4.69, 9.17) is 15.2 Å². The van der Waals surface area contributed by atoms with Crippen LogP contribution in [0.1, 0.15) is 16.8 Å². The summed E-state index contributed by atoms with van der Waals surface area (Å²) in [4.78, 5) is 4.41. The van der Waals surface area contributed by atoms with Crippen molar-refractivity contribution in [3.63, 3.8) is 0 Å². The van der Waals surface area contributed by atoms with Crippen molar-refractivity contribution in [3.8, 4) is 11.5 Å². The van der Waals surface area contributed by atoms with Crippen LogP contribution >= 0.6 is 11.3 Å². The van der Waals surface area contributed by atoms with Gasteiger partial charge in [0.25, 0.3) is 0 Å². The van der Waals surface area contributed by atoms with E-state index in [1.807, 2.05) is 29.6 Å². The summed E-state index contributed by atoms with van der Waals surface area (Å²) in [6.45, 7) is 0.954. The lowest BCUT2D eigenvalue weighted by Crippen LogP contribution is -2.21. The predicted molar refractivity (Wildman–Crippen MR) is 65.3 cm³/mol. The van der Waals surface area contributed by atoms with E-state index < -0.39 is 0 Å². The molecule has 1 aliphatic rings. The average molecular weight is 248 g/mol. The second-order valence-electron chi connectivity index (χ2n) is 3.75. The lowest BCUT2D eigenvalue weighted by molar-refractivity contribution is 0.0910. The molecule has 88 valence electrons. The Kier molecular flexibility index (Phi) is 2.70. The van der Waals surface area contributed by atoms with Crippen LogP contribution in [0.4, 0.5) is 0 Å². The maximum Gasteiger partial charge on any atom is 0.184 e. The molecule has 0 fully saturated rings. The van der Waals surface area contributed by atoms with Crippen LogP contribution in [0.15, 0.2) is 29.6 Å². The van der Waals surface area contributed by atoms with Crippen molar-refractivity contribution >= 4 is 11.3 Å². The summed E-state index contributed by atoms with van der Waals surface area (Å²) < 4.78 is 11.5. The van der Waals surface area contributed by atoms with Crippen molar-refractivity contribution < 1.29 is 9.47 Å². The average Bonchev–Trinajstić information content (AvgIpc) is 2.87. The molecule has 1 atom stereocenters. The molecule has 0 saturated carbocycles. The quantitative estimate of drug-likeness (QED) is 0.884. The molecule has 0 bridgehead atoms. The predicted octanol–water partition coefficient (Wildman–Crippen LogP) is 2.11. The van der Waals surface area contributed by atoms with Crippen molar-refractivity contribution in [2.24, 2.45) is 5.73 Å². The maximum atomic E-state index is 5.86. The fraction of sp³-hybridized carbons (Fsp3) is 0.250. The van der Waals surface area contributed by atoms with Crippen LogP contribution in [-0.2, 0) is 6.54 Å². The van der Waals surface area contributed by atoms with Gasteiger partial charge in [-0.05, 0) is 12.1 Å². The van der Waals surface area contributed by atoms with E-state index in [1.165, 1.54) is 0 Å². The molecule has 1 unspecified atom stereocenters. The first-order valence-corrected chi connectivity index (χ1v) is 6.27. The van der Waals surface area contributed by atoms with E-state index in [1.54, 1.807) is 11.3 Å². The highest BCUT2D eigenvalue weighted by Gasteiger charge is 2.24. The molecular formula is C12H12N2O2S. The molecule has 0 saturated heterocycles. The van der Waals surface area contributed by atoms with Gasteiger partial charge in [-0.2, -0.15) is 0 Å². The van der Waals surface area contributed by atoms with Crippen molar-refractivity contribution in [1.82, 2.24) is 4.98 Å². The summed E-state index contributed by atoms with van der Waals surface area (Å²) in [7, 11) is 0. The first-order chi connectivity index (χ1) is 8.36. The van der Waals surface area contributed by atoms with Gasteiger partial charge in [-0.1, -0.05) is 12.1 Å². The van der Waals surface area contributed by atoms with Gasteiger partial charge in [-0.3, -0.25) is 0 Å². The van der Waals surface area contributed by atoms with Crippen molar-refractivity contribution in [3.05, 3.63) is 40.3 Å². The molecule has 2 N–H and O–H groups in total. The molecule has 2 aromatic rings. The lowest BCUT2D eigenvalue weighted by atomic mass is 10.2. The van der Waals surface area contributed by atoms with Gasteiger partial charge < -0.3 is 15.2 Å². The number of aromatic nitrogens is 1. The monoisotopic (exact) mass is 248 g/mol. The van der Waals surface area contributed by atoms with E-state index in [9.17, 15) is 0 Å². The first kappa shape index (κ1) is 10.6. The molecule has 4 nitrogen and oxygen atoms in total. The Balaban J connectivity index is 1.84. The number of hydrogen-bond acceptors (Lipinski definition) is 5. The number of ether oxygens (including phenoxy) is 2. The minimum atomic E-state index is -0.129. The number of nitrogens with two attached hydrogens (primary N) is 1. The molecule has 3 rings (SSSR count). The largest absolute Gasteiger partial charge is 0.485 e.